The summed E-state index contributed by atoms with van der Waals surface area (Å²) < 4.78 is 36.0. The molecule has 0 aliphatic carbocycles. The van der Waals surface area contributed by atoms with Crippen molar-refractivity contribution >= 4 is 5.91 Å². The Morgan fingerprint density at radius 1 is 1.24 bits per heavy atom. The number of halogens is 3. The van der Waals surface area contributed by atoms with Crippen molar-refractivity contribution < 1.29 is 18.0 Å². The molecule has 116 valence electrons. The highest BCUT2D eigenvalue weighted by molar-refractivity contribution is 5.75. The van der Waals surface area contributed by atoms with Gasteiger partial charge in [0.15, 0.2) is 0 Å². The molecule has 1 saturated heterocycles. The summed E-state index contributed by atoms with van der Waals surface area (Å²) in [5, 5.41) is 2.53. The van der Waals surface area contributed by atoms with Gasteiger partial charge in [-0.1, -0.05) is 30.3 Å². The van der Waals surface area contributed by atoms with E-state index in [9.17, 15) is 18.0 Å². The maximum atomic E-state index is 12.0. The Hall–Kier alpha value is -1.60. The van der Waals surface area contributed by atoms with E-state index in [1.165, 1.54) is 0 Å². The maximum absolute atomic E-state index is 12.0. The highest BCUT2D eigenvalue weighted by atomic mass is 19.4. The van der Waals surface area contributed by atoms with E-state index >= 15 is 0 Å². The summed E-state index contributed by atoms with van der Waals surface area (Å²) in [5.41, 5.74) is 7.30. The fourth-order valence-corrected chi connectivity index (χ4v) is 2.24. The van der Waals surface area contributed by atoms with Crippen LogP contribution in [0.3, 0.4) is 0 Å². The lowest BCUT2D eigenvalue weighted by atomic mass is 10.0. The predicted molar refractivity (Wildman–Crippen MR) is 72.2 cm³/mol. The number of benzene rings is 1. The lowest BCUT2D eigenvalue weighted by Crippen LogP contribution is -2.40. The Balaban J connectivity index is 1.70. The zero-order valence-electron chi connectivity index (χ0n) is 11.4. The molecule has 2 unspecified atom stereocenters. The van der Waals surface area contributed by atoms with Crippen molar-refractivity contribution in [3.63, 3.8) is 0 Å². The number of carbonyl (C=O) groups is 1. The van der Waals surface area contributed by atoms with E-state index in [1.807, 2.05) is 30.3 Å². The van der Waals surface area contributed by atoms with Gasteiger partial charge in [-0.3, -0.25) is 10.2 Å². The smallest absolute Gasteiger partial charge is 0.354 e. The fraction of sp³-hybridized carbons (Fsp3) is 0.500. The molecular formula is C14H18F3N3O. The molecule has 3 N–H and O–H groups in total. The summed E-state index contributed by atoms with van der Waals surface area (Å²) in [6.45, 7) is 0.313. The van der Waals surface area contributed by atoms with Crippen LogP contribution in [0.1, 0.15) is 30.9 Å². The third kappa shape index (κ3) is 5.35. The van der Waals surface area contributed by atoms with Crippen molar-refractivity contribution in [2.24, 2.45) is 0 Å². The van der Waals surface area contributed by atoms with Gasteiger partial charge in [0, 0.05) is 25.0 Å². The third-order valence-corrected chi connectivity index (χ3v) is 3.37. The van der Waals surface area contributed by atoms with E-state index in [4.69, 9.17) is 0 Å². The van der Waals surface area contributed by atoms with E-state index in [2.05, 4.69) is 16.2 Å². The lowest BCUT2D eigenvalue weighted by Gasteiger charge is -2.11. The summed E-state index contributed by atoms with van der Waals surface area (Å²) in [7, 11) is 0. The Morgan fingerprint density at radius 3 is 2.62 bits per heavy atom. The fourth-order valence-electron chi connectivity index (χ4n) is 2.24. The Labute approximate surface area is 121 Å². The van der Waals surface area contributed by atoms with Gasteiger partial charge in [-0.25, -0.2) is 5.43 Å². The van der Waals surface area contributed by atoms with Crippen molar-refractivity contribution in [2.75, 3.05) is 6.54 Å². The van der Waals surface area contributed by atoms with Crippen molar-refractivity contribution in [2.45, 2.75) is 37.5 Å². The summed E-state index contributed by atoms with van der Waals surface area (Å²) in [6, 6.07) is 9.98. The average Bonchev–Trinajstić information content (AvgIpc) is 2.92. The number of carbonyl (C=O) groups excluding carboxylic acids is 1. The molecule has 2 rings (SSSR count). The molecule has 7 heteroatoms. The van der Waals surface area contributed by atoms with Crippen LogP contribution in [-0.2, 0) is 4.79 Å². The third-order valence-electron chi connectivity index (χ3n) is 3.37. The van der Waals surface area contributed by atoms with Crippen LogP contribution in [0.2, 0.25) is 0 Å². The molecule has 1 aromatic rings. The van der Waals surface area contributed by atoms with Crippen LogP contribution in [0.25, 0.3) is 0 Å². The number of rotatable bonds is 5. The minimum absolute atomic E-state index is 0.00467. The van der Waals surface area contributed by atoms with Crippen LogP contribution >= 0.6 is 0 Å². The van der Waals surface area contributed by atoms with Crippen LogP contribution in [-0.4, -0.2) is 24.7 Å². The van der Waals surface area contributed by atoms with Gasteiger partial charge >= 0.3 is 6.18 Å². The topological polar surface area (TPSA) is 53.2 Å². The van der Waals surface area contributed by atoms with Gasteiger partial charge in [-0.2, -0.15) is 13.2 Å². The summed E-state index contributed by atoms with van der Waals surface area (Å²) in [4.78, 5) is 11.3. The summed E-state index contributed by atoms with van der Waals surface area (Å²) >= 11 is 0. The molecule has 2 atom stereocenters. The Bertz CT molecular complexity index is 464. The normalized spacial score (nSPS) is 22.2. The summed E-state index contributed by atoms with van der Waals surface area (Å²) in [5.74, 6) is -0.572. The molecule has 1 aliphatic heterocycles. The monoisotopic (exact) mass is 301 g/mol. The van der Waals surface area contributed by atoms with Gasteiger partial charge in [-0.15, -0.1) is 0 Å². The molecule has 1 aromatic carbocycles. The van der Waals surface area contributed by atoms with E-state index in [0.717, 1.165) is 12.0 Å². The predicted octanol–water partition coefficient (Wildman–Crippen LogP) is 2.05. The zero-order valence-corrected chi connectivity index (χ0v) is 11.4. The molecule has 1 fully saturated rings. The van der Waals surface area contributed by atoms with Crippen molar-refractivity contribution in [1.82, 2.24) is 16.2 Å². The van der Waals surface area contributed by atoms with E-state index < -0.39 is 24.9 Å². The molecule has 0 saturated carbocycles. The zero-order chi connectivity index (χ0) is 15.3. The van der Waals surface area contributed by atoms with E-state index in [1.54, 1.807) is 0 Å². The lowest BCUT2D eigenvalue weighted by molar-refractivity contribution is -0.144. The van der Waals surface area contributed by atoms with Crippen molar-refractivity contribution in [3.8, 4) is 0 Å². The van der Waals surface area contributed by atoms with Gasteiger partial charge in [0.1, 0.15) is 0 Å². The van der Waals surface area contributed by atoms with Gasteiger partial charge in [0.25, 0.3) is 0 Å². The second-order valence-electron chi connectivity index (χ2n) is 5.10. The summed E-state index contributed by atoms with van der Waals surface area (Å²) in [6.07, 6.45) is -5.12. The molecular weight excluding hydrogens is 283 g/mol. The average molecular weight is 301 g/mol. The minimum atomic E-state index is -4.29. The van der Waals surface area contributed by atoms with Crippen LogP contribution in [0.15, 0.2) is 30.3 Å². The van der Waals surface area contributed by atoms with Crippen LogP contribution < -0.4 is 16.2 Å². The number of alkyl halides is 3. The van der Waals surface area contributed by atoms with E-state index in [-0.39, 0.29) is 12.1 Å². The molecule has 1 heterocycles. The molecule has 1 aliphatic rings. The van der Waals surface area contributed by atoms with Gasteiger partial charge in [-0.05, 0) is 12.0 Å². The van der Waals surface area contributed by atoms with Crippen LogP contribution in [0, 0.1) is 0 Å². The van der Waals surface area contributed by atoms with Gasteiger partial charge < -0.3 is 5.32 Å². The molecule has 4 nitrogen and oxygen atoms in total. The highest BCUT2D eigenvalue weighted by Crippen LogP contribution is 2.22. The molecule has 0 radical (unpaired) electrons. The first kappa shape index (κ1) is 15.8. The Kier molecular flexibility index (Phi) is 5.19. The van der Waals surface area contributed by atoms with Gasteiger partial charge in [0.05, 0.1) is 6.42 Å². The first-order valence-corrected chi connectivity index (χ1v) is 6.83. The first-order valence-electron chi connectivity index (χ1n) is 6.83. The molecule has 0 aromatic heterocycles. The first-order chi connectivity index (χ1) is 9.94. The van der Waals surface area contributed by atoms with Crippen molar-refractivity contribution in [3.05, 3.63) is 35.9 Å². The van der Waals surface area contributed by atoms with Gasteiger partial charge in [0.2, 0.25) is 5.91 Å². The number of hydrazine groups is 1. The molecule has 1 amide bonds. The highest BCUT2D eigenvalue weighted by Gasteiger charge is 2.28. The standard InChI is InChI=1S/C14H18F3N3O/c15-14(16,17)7-6-13(21)18-9-11-8-12(20-19-11)10-4-2-1-3-5-10/h1-5,11-12,19-20H,6-9H2,(H,18,21). The van der Waals surface area contributed by atoms with E-state index in [0.29, 0.717) is 6.54 Å². The van der Waals surface area contributed by atoms with Crippen LogP contribution in [0.4, 0.5) is 13.2 Å². The minimum Gasteiger partial charge on any atom is -0.354 e. The number of nitrogens with one attached hydrogen (secondary N) is 3. The molecule has 21 heavy (non-hydrogen) atoms. The molecule has 0 spiro atoms. The van der Waals surface area contributed by atoms with Crippen molar-refractivity contribution in [1.29, 1.82) is 0 Å². The largest absolute Gasteiger partial charge is 0.389 e. The number of hydrogen-bond donors (Lipinski definition) is 3. The quantitative estimate of drug-likeness (QED) is 0.780. The molecule has 0 bridgehead atoms. The number of amides is 1. The second kappa shape index (κ2) is 6.91. The maximum Gasteiger partial charge on any atom is 0.389 e. The SMILES string of the molecule is O=C(CCC(F)(F)F)NCC1CC(c2ccccc2)NN1. The van der Waals surface area contributed by atoms with Crippen LogP contribution in [0.5, 0.6) is 0 Å². The number of hydrogen-bond acceptors (Lipinski definition) is 3. The Morgan fingerprint density at radius 2 is 1.95 bits per heavy atom. The second-order valence-corrected chi connectivity index (χ2v) is 5.10.